The molecule has 0 bridgehead atoms. The predicted molar refractivity (Wildman–Crippen MR) is 70.6 cm³/mol. The lowest BCUT2D eigenvalue weighted by atomic mass is 9.87. The largest absolute Gasteiger partial charge is 0.296 e. The molecule has 0 amide bonds. The van der Waals surface area contributed by atoms with Gasteiger partial charge in [0.05, 0.1) is 0 Å². The first-order valence-corrected chi connectivity index (χ1v) is 7.17. The van der Waals surface area contributed by atoms with Crippen LogP contribution in [0.2, 0.25) is 0 Å². The van der Waals surface area contributed by atoms with E-state index < -0.39 is 0 Å². The molecule has 3 rings (SSSR count). The normalized spacial score (nSPS) is 25.7. The third-order valence-electron chi connectivity index (χ3n) is 4.00. The Morgan fingerprint density at radius 3 is 2.75 bits per heavy atom. The van der Waals surface area contributed by atoms with Gasteiger partial charge in [0.1, 0.15) is 0 Å². The van der Waals surface area contributed by atoms with Crippen molar-refractivity contribution in [3.8, 4) is 0 Å². The van der Waals surface area contributed by atoms with Crippen molar-refractivity contribution < 1.29 is 0 Å². The lowest BCUT2D eigenvalue weighted by Gasteiger charge is -2.33. The molecule has 16 heavy (non-hydrogen) atoms. The van der Waals surface area contributed by atoms with Crippen LogP contribution in [0.4, 0.5) is 0 Å². The predicted octanol–water partition coefficient (Wildman–Crippen LogP) is 3.92. The first-order chi connectivity index (χ1) is 7.86. The first-order valence-electron chi connectivity index (χ1n) is 6.37. The van der Waals surface area contributed by atoms with Crippen LogP contribution in [-0.2, 0) is 6.42 Å². The van der Waals surface area contributed by atoms with Crippen molar-refractivity contribution in [2.75, 3.05) is 13.1 Å². The molecule has 0 saturated carbocycles. The lowest BCUT2D eigenvalue weighted by molar-refractivity contribution is 0.221. The van der Waals surface area contributed by atoms with Gasteiger partial charge in [-0.05, 0) is 62.4 Å². The van der Waals surface area contributed by atoms with Gasteiger partial charge in [-0.15, -0.1) is 0 Å². The number of nitrogens with zero attached hydrogens (tertiary/aromatic N) is 1. The Hall–Kier alpha value is -0.340. The Balaban J connectivity index is 1.96. The summed E-state index contributed by atoms with van der Waals surface area (Å²) in [4.78, 5) is 2.68. The van der Waals surface area contributed by atoms with Gasteiger partial charge in [0, 0.05) is 10.5 Å². The number of halogens is 1. The van der Waals surface area contributed by atoms with Gasteiger partial charge in [-0.2, -0.15) is 0 Å². The summed E-state index contributed by atoms with van der Waals surface area (Å²) in [7, 11) is 0. The van der Waals surface area contributed by atoms with E-state index in [2.05, 4.69) is 39.0 Å². The molecular weight excluding hydrogens is 262 g/mol. The molecule has 1 aliphatic heterocycles. The Bertz CT molecular complexity index is 382. The molecule has 1 nitrogen and oxygen atoms in total. The maximum Gasteiger partial charge on any atom is 0.0351 e. The van der Waals surface area contributed by atoms with Gasteiger partial charge in [0.15, 0.2) is 0 Å². The van der Waals surface area contributed by atoms with E-state index in [-0.39, 0.29) is 0 Å². The molecule has 1 saturated heterocycles. The molecular formula is C14H18BrN. The van der Waals surface area contributed by atoms with E-state index in [1.807, 2.05) is 0 Å². The third-order valence-corrected chi connectivity index (χ3v) is 4.74. The van der Waals surface area contributed by atoms with E-state index in [1.54, 1.807) is 11.1 Å². The summed E-state index contributed by atoms with van der Waals surface area (Å²) >= 11 is 3.70. The quantitative estimate of drug-likeness (QED) is 0.753. The SMILES string of the molecule is Brc1cccc2c1CCCC2N1CCCC1. The second kappa shape index (κ2) is 4.50. The van der Waals surface area contributed by atoms with Crippen LogP contribution in [-0.4, -0.2) is 18.0 Å². The van der Waals surface area contributed by atoms with E-state index in [0.717, 1.165) is 0 Å². The highest BCUT2D eigenvalue weighted by atomic mass is 79.9. The van der Waals surface area contributed by atoms with Gasteiger partial charge in [-0.3, -0.25) is 4.90 Å². The average molecular weight is 280 g/mol. The Morgan fingerprint density at radius 1 is 1.12 bits per heavy atom. The summed E-state index contributed by atoms with van der Waals surface area (Å²) in [5, 5.41) is 0. The van der Waals surface area contributed by atoms with E-state index in [9.17, 15) is 0 Å². The van der Waals surface area contributed by atoms with Gasteiger partial charge in [-0.1, -0.05) is 28.1 Å². The standard InChI is InChI=1S/C14H18BrN/c15-13-7-3-6-12-11(13)5-4-8-14(12)16-9-1-2-10-16/h3,6-7,14H,1-2,4-5,8-10H2. The zero-order valence-corrected chi connectivity index (χ0v) is 11.2. The van der Waals surface area contributed by atoms with E-state index in [0.29, 0.717) is 6.04 Å². The topological polar surface area (TPSA) is 3.24 Å². The van der Waals surface area contributed by atoms with Crippen LogP contribution in [0, 0.1) is 0 Å². The molecule has 0 radical (unpaired) electrons. The zero-order chi connectivity index (χ0) is 11.0. The number of fused-ring (bicyclic) bond motifs is 1. The molecule has 1 aliphatic carbocycles. The van der Waals surface area contributed by atoms with Crippen LogP contribution >= 0.6 is 15.9 Å². The smallest absolute Gasteiger partial charge is 0.0351 e. The fourth-order valence-electron chi connectivity index (χ4n) is 3.21. The molecule has 2 heteroatoms. The summed E-state index contributed by atoms with van der Waals surface area (Å²) in [6.45, 7) is 2.60. The maximum absolute atomic E-state index is 3.70. The molecule has 0 N–H and O–H groups in total. The van der Waals surface area contributed by atoms with Gasteiger partial charge in [0.2, 0.25) is 0 Å². The second-order valence-electron chi connectivity index (χ2n) is 4.96. The summed E-state index contributed by atoms with van der Waals surface area (Å²) in [5.74, 6) is 0. The molecule has 0 spiro atoms. The van der Waals surface area contributed by atoms with Crippen LogP contribution in [0.1, 0.15) is 42.9 Å². The summed E-state index contributed by atoms with van der Waals surface area (Å²) in [6, 6.07) is 7.41. The summed E-state index contributed by atoms with van der Waals surface area (Å²) in [6.07, 6.45) is 6.72. The van der Waals surface area contributed by atoms with Gasteiger partial charge in [-0.25, -0.2) is 0 Å². The minimum Gasteiger partial charge on any atom is -0.296 e. The van der Waals surface area contributed by atoms with Gasteiger partial charge < -0.3 is 0 Å². The number of rotatable bonds is 1. The number of benzene rings is 1. The molecule has 1 aromatic rings. The number of likely N-dealkylation sites (tertiary alicyclic amines) is 1. The van der Waals surface area contributed by atoms with Crippen LogP contribution in [0.5, 0.6) is 0 Å². The van der Waals surface area contributed by atoms with Crippen molar-refractivity contribution in [3.63, 3.8) is 0 Å². The van der Waals surface area contributed by atoms with E-state index in [4.69, 9.17) is 0 Å². The minimum absolute atomic E-state index is 0.698. The number of hydrogen-bond donors (Lipinski definition) is 0. The minimum atomic E-state index is 0.698. The highest BCUT2D eigenvalue weighted by Gasteiger charge is 2.28. The Morgan fingerprint density at radius 2 is 1.94 bits per heavy atom. The first kappa shape index (κ1) is 10.8. The van der Waals surface area contributed by atoms with E-state index in [1.165, 1.54) is 49.7 Å². The molecule has 86 valence electrons. The van der Waals surface area contributed by atoms with Crippen molar-refractivity contribution in [3.05, 3.63) is 33.8 Å². The van der Waals surface area contributed by atoms with Gasteiger partial charge >= 0.3 is 0 Å². The third kappa shape index (κ3) is 1.82. The maximum atomic E-state index is 3.70. The molecule has 0 aromatic heterocycles. The van der Waals surface area contributed by atoms with Crippen LogP contribution in [0.3, 0.4) is 0 Å². The Labute approximate surface area is 106 Å². The lowest BCUT2D eigenvalue weighted by Crippen LogP contribution is -2.28. The summed E-state index contributed by atoms with van der Waals surface area (Å²) in [5.41, 5.74) is 3.15. The second-order valence-corrected chi connectivity index (χ2v) is 5.81. The van der Waals surface area contributed by atoms with Crippen LogP contribution < -0.4 is 0 Å². The number of hydrogen-bond acceptors (Lipinski definition) is 1. The highest BCUT2D eigenvalue weighted by Crippen LogP contribution is 2.38. The Kier molecular flexibility index (Phi) is 3.03. The average Bonchev–Trinajstić information content (AvgIpc) is 2.82. The molecule has 1 fully saturated rings. The fraction of sp³-hybridized carbons (Fsp3) is 0.571. The molecule has 1 atom stereocenters. The zero-order valence-electron chi connectivity index (χ0n) is 9.58. The monoisotopic (exact) mass is 279 g/mol. The highest BCUT2D eigenvalue weighted by molar-refractivity contribution is 9.10. The van der Waals surface area contributed by atoms with Crippen LogP contribution in [0.15, 0.2) is 22.7 Å². The fourth-order valence-corrected chi connectivity index (χ4v) is 3.79. The van der Waals surface area contributed by atoms with Crippen LogP contribution in [0.25, 0.3) is 0 Å². The van der Waals surface area contributed by atoms with Crippen molar-refractivity contribution in [1.29, 1.82) is 0 Å². The molecule has 1 unspecified atom stereocenters. The molecule has 2 aliphatic rings. The van der Waals surface area contributed by atoms with Crippen molar-refractivity contribution in [2.24, 2.45) is 0 Å². The van der Waals surface area contributed by atoms with Crippen molar-refractivity contribution >= 4 is 15.9 Å². The van der Waals surface area contributed by atoms with Crippen molar-refractivity contribution in [1.82, 2.24) is 4.90 Å². The molecule has 1 aromatic carbocycles. The molecule has 1 heterocycles. The summed E-state index contributed by atoms with van der Waals surface area (Å²) < 4.78 is 1.31. The van der Waals surface area contributed by atoms with Crippen molar-refractivity contribution in [2.45, 2.75) is 38.1 Å². The van der Waals surface area contributed by atoms with Gasteiger partial charge in [0.25, 0.3) is 0 Å². The van der Waals surface area contributed by atoms with E-state index >= 15 is 0 Å².